The molecular formula is C21H24F3N3O2. The lowest BCUT2D eigenvalue weighted by Crippen LogP contribution is -2.41. The minimum Gasteiger partial charge on any atom is -0.497 e. The van der Waals surface area contributed by atoms with Crippen molar-refractivity contribution in [2.75, 3.05) is 32.1 Å². The van der Waals surface area contributed by atoms with Crippen LogP contribution < -0.4 is 15.4 Å². The molecule has 0 spiro atoms. The molecule has 1 saturated heterocycles. The quantitative estimate of drug-likeness (QED) is 0.757. The van der Waals surface area contributed by atoms with E-state index >= 15 is 0 Å². The van der Waals surface area contributed by atoms with Crippen LogP contribution >= 0.6 is 0 Å². The van der Waals surface area contributed by atoms with E-state index in [-0.39, 0.29) is 18.0 Å². The van der Waals surface area contributed by atoms with Crippen LogP contribution in [0, 0.1) is 23.4 Å². The Kier molecular flexibility index (Phi) is 6.98. The molecule has 0 aromatic heterocycles. The van der Waals surface area contributed by atoms with E-state index in [0.717, 1.165) is 38.1 Å². The molecule has 1 fully saturated rings. The Bertz CT molecular complexity index is 837. The number of hydrogen-bond donors (Lipinski definition) is 2. The number of piperidine rings is 1. The van der Waals surface area contributed by atoms with Gasteiger partial charge in [-0.25, -0.2) is 18.0 Å². The first-order chi connectivity index (χ1) is 14.0. The minimum absolute atomic E-state index is 0.0468. The van der Waals surface area contributed by atoms with Crippen LogP contribution in [-0.4, -0.2) is 37.7 Å². The summed E-state index contributed by atoms with van der Waals surface area (Å²) in [6, 6.07) is 6.95. The van der Waals surface area contributed by atoms with Crippen LogP contribution in [-0.2, 0) is 6.54 Å². The van der Waals surface area contributed by atoms with E-state index in [4.69, 9.17) is 4.74 Å². The molecule has 1 heterocycles. The molecule has 156 valence electrons. The van der Waals surface area contributed by atoms with Gasteiger partial charge in [-0.05, 0) is 62.2 Å². The topological polar surface area (TPSA) is 53.6 Å². The predicted octanol–water partition coefficient (Wildman–Crippen LogP) is 4.15. The number of carbonyl (C=O) groups is 1. The number of benzene rings is 2. The molecule has 2 N–H and O–H groups in total. The number of amides is 2. The van der Waals surface area contributed by atoms with Gasteiger partial charge in [0.25, 0.3) is 0 Å². The summed E-state index contributed by atoms with van der Waals surface area (Å²) in [5, 5.41) is 5.56. The van der Waals surface area contributed by atoms with Gasteiger partial charge in [-0.3, -0.25) is 0 Å². The minimum atomic E-state index is -0.868. The Morgan fingerprint density at radius 3 is 2.48 bits per heavy atom. The summed E-state index contributed by atoms with van der Waals surface area (Å²) in [4.78, 5) is 14.3. The van der Waals surface area contributed by atoms with Crippen LogP contribution in [0.2, 0.25) is 0 Å². The van der Waals surface area contributed by atoms with E-state index in [9.17, 15) is 18.0 Å². The van der Waals surface area contributed by atoms with Crippen LogP contribution in [0.4, 0.5) is 23.7 Å². The summed E-state index contributed by atoms with van der Waals surface area (Å²) in [7, 11) is 1.47. The van der Waals surface area contributed by atoms with Gasteiger partial charge in [-0.15, -0.1) is 0 Å². The zero-order chi connectivity index (χ0) is 20.8. The van der Waals surface area contributed by atoms with E-state index in [1.807, 2.05) is 0 Å². The lowest BCUT2D eigenvalue weighted by Gasteiger charge is -2.30. The predicted molar refractivity (Wildman–Crippen MR) is 104 cm³/mol. The highest BCUT2D eigenvalue weighted by Gasteiger charge is 2.24. The van der Waals surface area contributed by atoms with Crippen molar-refractivity contribution in [2.45, 2.75) is 19.4 Å². The molecule has 8 heteroatoms. The maximum atomic E-state index is 14.3. The van der Waals surface area contributed by atoms with Crippen molar-refractivity contribution in [1.29, 1.82) is 0 Å². The fourth-order valence-electron chi connectivity index (χ4n) is 3.40. The van der Waals surface area contributed by atoms with Crippen molar-refractivity contribution < 1.29 is 22.7 Å². The van der Waals surface area contributed by atoms with Crippen molar-refractivity contribution in [3.8, 4) is 5.75 Å². The average molecular weight is 407 g/mol. The van der Waals surface area contributed by atoms with Crippen molar-refractivity contribution in [1.82, 2.24) is 10.2 Å². The summed E-state index contributed by atoms with van der Waals surface area (Å²) >= 11 is 0. The normalized spacial score (nSPS) is 14.5. The largest absolute Gasteiger partial charge is 0.497 e. The summed E-state index contributed by atoms with van der Waals surface area (Å²) < 4.78 is 47.4. The third kappa shape index (κ3) is 5.41. The van der Waals surface area contributed by atoms with E-state index in [2.05, 4.69) is 10.6 Å². The molecule has 29 heavy (non-hydrogen) atoms. The highest BCUT2D eigenvalue weighted by atomic mass is 19.1. The number of methoxy groups -OCH3 is 1. The van der Waals surface area contributed by atoms with Gasteiger partial charge in [0.2, 0.25) is 0 Å². The number of nitrogens with one attached hydrogen (secondary N) is 2. The van der Waals surface area contributed by atoms with E-state index in [1.165, 1.54) is 36.3 Å². The first kappa shape index (κ1) is 21.0. The van der Waals surface area contributed by atoms with Crippen LogP contribution in [0.3, 0.4) is 0 Å². The number of urea groups is 1. The van der Waals surface area contributed by atoms with E-state index < -0.39 is 29.2 Å². The van der Waals surface area contributed by atoms with Gasteiger partial charge in [0.1, 0.15) is 28.9 Å². The number of hydrogen-bond acceptors (Lipinski definition) is 3. The van der Waals surface area contributed by atoms with E-state index in [1.54, 1.807) is 0 Å². The fourth-order valence-corrected chi connectivity index (χ4v) is 3.40. The molecule has 2 aromatic carbocycles. The third-order valence-corrected chi connectivity index (χ3v) is 5.03. The van der Waals surface area contributed by atoms with Gasteiger partial charge in [0.05, 0.1) is 13.7 Å². The Hall–Kier alpha value is -2.74. The molecule has 0 saturated carbocycles. The number of carbonyl (C=O) groups excluding carboxylic acids is 1. The maximum Gasteiger partial charge on any atom is 0.322 e. The first-order valence-electron chi connectivity index (χ1n) is 9.51. The van der Waals surface area contributed by atoms with Gasteiger partial charge in [-0.1, -0.05) is 6.07 Å². The molecule has 0 atom stereocenters. The fraction of sp³-hybridized carbons (Fsp3) is 0.381. The number of ether oxygens (including phenoxy) is 1. The van der Waals surface area contributed by atoms with Gasteiger partial charge < -0.3 is 20.3 Å². The molecule has 0 bridgehead atoms. The van der Waals surface area contributed by atoms with Gasteiger partial charge in [-0.2, -0.15) is 0 Å². The van der Waals surface area contributed by atoms with Gasteiger partial charge >= 0.3 is 6.03 Å². The molecule has 0 radical (unpaired) electrons. The van der Waals surface area contributed by atoms with Crippen molar-refractivity contribution >= 4 is 11.7 Å². The number of nitrogens with zero attached hydrogens (tertiary/aromatic N) is 1. The van der Waals surface area contributed by atoms with Crippen molar-refractivity contribution in [3.63, 3.8) is 0 Å². The monoisotopic (exact) mass is 407 g/mol. The molecule has 0 aliphatic carbocycles. The Labute approximate surface area is 167 Å². The molecule has 2 aromatic rings. The molecule has 1 aliphatic heterocycles. The molecule has 2 amide bonds. The highest BCUT2D eigenvalue weighted by molar-refractivity contribution is 5.89. The van der Waals surface area contributed by atoms with Gasteiger partial charge in [0.15, 0.2) is 0 Å². The van der Waals surface area contributed by atoms with Crippen LogP contribution in [0.25, 0.3) is 0 Å². The molecular weight excluding hydrogens is 383 g/mol. The summed E-state index contributed by atoms with van der Waals surface area (Å²) in [6.07, 6.45) is 1.72. The van der Waals surface area contributed by atoms with Crippen molar-refractivity contribution in [3.05, 3.63) is 59.4 Å². The second-order valence-electron chi connectivity index (χ2n) is 7.06. The smallest absolute Gasteiger partial charge is 0.322 e. The van der Waals surface area contributed by atoms with Crippen LogP contribution in [0.5, 0.6) is 5.75 Å². The molecule has 3 rings (SSSR count). The zero-order valence-electron chi connectivity index (χ0n) is 16.2. The molecule has 1 aliphatic rings. The van der Waals surface area contributed by atoms with Crippen LogP contribution in [0.15, 0.2) is 36.4 Å². The van der Waals surface area contributed by atoms with Crippen molar-refractivity contribution in [2.24, 2.45) is 5.92 Å². The average Bonchev–Trinajstić information content (AvgIpc) is 2.72. The lowest BCUT2D eigenvalue weighted by molar-refractivity contribution is 0.188. The number of rotatable bonds is 6. The number of halogens is 3. The first-order valence-corrected chi connectivity index (χ1v) is 9.51. The maximum absolute atomic E-state index is 14.3. The Morgan fingerprint density at radius 1 is 1.14 bits per heavy atom. The van der Waals surface area contributed by atoms with E-state index in [0.29, 0.717) is 12.3 Å². The lowest BCUT2D eigenvalue weighted by atomic mass is 9.97. The number of para-hydroxylation sites is 1. The molecule has 0 unspecified atom stereocenters. The Balaban J connectivity index is 1.83. The second kappa shape index (κ2) is 9.65. The number of anilines is 1. The van der Waals surface area contributed by atoms with Crippen LogP contribution in [0.1, 0.15) is 18.4 Å². The zero-order valence-corrected chi connectivity index (χ0v) is 16.2. The molecule has 5 nitrogen and oxygen atoms in total. The second-order valence-corrected chi connectivity index (χ2v) is 7.06. The van der Waals surface area contributed by atoms with Gasteiger partial charge in [0, 0.05) is 12.1 Å². The summed E-state index contributed by atoms with van der Waals surface area (Å²) in [5.41, 5.74) is -0.249. The Morgan fingerprint density at radius 2 is 1.83 bits per heavy atom. The third-order valence-electron chi connectivity index (χ3n) is 5.03. The highest BCUT2D eigenvalue weighted by Crippen LogP contribution is 2.23. The standard InChI is InChI=1S/C21H24F3N3O2/c1-29-16-5-6-17(22)15(11-16)13-27(12-14-7-9-25-10-8-14)21(28)26-20-18(23)3-2-4-19(20)24/h2-6,11,14,25H,7-10,12-13H2,1H3,(H,26,28). The SMILES string of the molecule is COc1ccc(F)c(CN(CC2CCNCC2)C(=O)Nc2c(F)cccc2F)c1. The summed E-state index contributed by atoms with van der Waals surface area (Å²) in [5.74, 6) is -1.55. The summed E-state index contributed by atoms with van der Waals surface area (Å²) in [6.45, 7) is 1.96.